The van der Waals surface area contributed by atoms with Gasteiger partial charge in [-0.3, -0.25) is 9.52 Å². The molecule has 28 heavy (non-hydrogen) atoms. The lowest BCUT2D eigenvalue weighted by Crippen LogP contribution is -2.19. The molecule has 0 bridgehead atoms. The minimum Gasteiger partial charge on any atom is -0.311 e. The molecule has 2 aromatic carbocycles. The van der Waals surface area contributed by atoms with Crippen molar-refractivity contribution in [1.82, 2.24) is 4.57 Å². The Morgan fingerprint density at radius 3 is 2.46 bits per heavy atom. The Morgan fingerprint density at radius 1 is 1.11 bits per heavy atom. The third-order valence-electron chi connectivity index (χ3n) is 4.71. The first kappa shape index (κ1) is 19.6. The fourth-order valence-corrected chi connectivity index (χ4v) is 4.63. The highest BCUT2D eigenvalue weighted by molar-refractivity contribution is 7.92. The van der Waals surface area contributed by atoms with Crippen molar-refractivity contribution < 1.29 is 8.42 Å². The fourth-order valence-electron chi connectivity index (χ4n) is 3.23. The van der Waals surface area contributed by atoms with Crippen LogP contribution in [0.15, 0.2) is 52.2 Å². The zero-order valence-electron chi connectivity index (χ0n) is 16.1. The number of rotatable bonds is 4. The Balaban J connectivity index is 2.07. The van der Waals surface area contributed by atoms with Crippen LogP contribution in [0.1, 0.15) is 36.5 Å². The second-order valence-electron chi connectivity index (χ2n) is 7.09. The SMILES string of the molecule is Cc1cc2cc(NS(=O)(=O)c3ccc(C#N)cc3C(C)C)ccc2n(C)c1=O. The predicted octanol–water partition coefficient (Wildman–Crippen LogP) is 3.64. The lowest BCUT2D eigenvalue weighted by molar-refractivity contribution is 0.599. The molecule has 0 unspecified atom stereocenters. The van der Waals surface area contributed by atoms with E-state index >= 15 is 0 Å². The van der Waals surface area contributed by atoms with Crippen molar-refractivity contribution in [2.45, 2.75) is 31.6 Å². The number of anilines is 1. The lowest BCUT2D eigenvalue weighted by atomic mass is 10.0. The molecule has 1 heterocycles. The summed E-state index contributed by atoms with van der Waals surface area (Å²) in [7, 11) is -2.15. The number of sulfonamides is 1. The van der Waals surface area contributed by atoms with Crippen LogP contribution in [0.2, 0.25) is 0 Å². The standard InChI is InChI=1S/C21H21N3O3S/c1-13(2)18-10-15(12-22)5-8-20(18)28(26,27)23-17-6-7-19-16(11-17)9-14(3)21(25)24(19)4/h5-11,13,23H,1-4H3. The first-order chi connectivity index (χ1) is 13.1. The molecule has 0 atom stereocenters. The van der Waals surface area contributed by atoms with E-state index in [-0.39, 0.29) is 16.4 Å². The van der Waals surface area contributed by atoms with Crippen molar-refractivity contribution in [3.63, 3.8) is 0 Å². The number of hydrogen-bond acceptors (Lipinski definition) is 4. The van der Waals surface area contributed by atoms with Gasteiger partial charge in [-0.25, -0.2) is 8.42 Å². The van der Waals surface area contributed by atoms with Crippen LogP contribution in [0, 0.1) is 18.3 Å². The summed E-state index contributed by atoms with van der Waals surface area (Å²) in [6.07, 6.45) is 0. The van der Waals surface area contributed by atoms with Gasteiger partial charge in [0.25, 0.3) is 15.6 Å². The highest BCUT2D eigenvalue weighted by Crippen LogP contribution is 2.28. The molecule has 6 nitrogen and oxygen atoms in total. The Morgan fingerprint density at radius 2 is 1.82 bits per heavy atom. The van der Waals surface area contributed by atoms with Crippen molar-refractivity contribution in [2.24, 2.45) is 7.05 Å². The number of fused-ring (bicyclic) bond motifs is 1. The van der Waals surface area contributed by atoms with E-state index in [0.717, 1.165) is 10.9 Å². The first-order valence-corrected chi connectivity index (χ1v) is 10.3. The maximum Gasteiger partial charge on any atom is 0.262 e. The summed E-state index contributed by atoms with van der Waals surface area (Å²) in [4.78, 5) is 12.2. The average Bonchev–Trinajstić information content (AvgIpc) is 2.65. The third kappa shape index (κ3) is 3.51. The molecule has 0 aliphatic heterocycles. The molecule has 3 rings (SSSR count). The van der Waals surface area contributed by atoms with Crippen molar-refractivity contribution in [2.75, 3.05) is 4.72 Å². The van der Waals surface area contributed by atoms with Crippen molar-refractivity contribution in [3.8, 4) is 6.07 Å². The van der Waals surface area contributed by atoms with Gasteiger partial charge in [0.2, 0.25) is 0 Å². The van der Waals surface area contributed by atoms with E-state index in [2.05, 4.69) is 4.72 Å². The quantitative estimate of drug-likeness (QED) is 0.730. The molecule has 7 heteroatoms. The van der Waals surface area contributed by atoms with Gasteiger partial charge in [-0.1, -0.05) is 13.8 Å². The number of nitrogens with zero attached hydrogens (tertiary/aromatic N) is 2. The molecular formula is C21H21N3O3S. The van der Waals surface area contributed by atoms with Crippen molar-refractivity contribution in [3.05, 3.63) is 69.5 Å². The zero-order chi connectivity index (χ0) is 20.6. The summed E-state index contributed by atoms with van der Waals surface area (Å²) in [6.45, 7) is 5.49. The maximum atomic E-state index is 13.0. The van der Waals surface area contributed by atoms with Gasteiger partial charge in [-0.2, -0.15) is 5.26 Å². The highest BCUT2D eigenvalue weighted by Gasteiger charge is 2.21. The number of hydrogen-bond donors (Lipinski definition) is 1. The van der Waals surface area contributed by atoms with Gasteiger partial charge in [-0.15, -0.1) is 0 Å². The van der Waals surface area contributed by atoms with Crippen LogP contribution in [-0.4, -0.2) is 13.0 Å². The molecule has 1 N–H and O–H groups in total. The molecule has 0 radical (unpaired) electrons. The number of nitrogens with one attached hydrogen (secondary N) is 1. The second kappa shape index (κ2) is 7.13. The van der Waals surface area contributed by atoms with E-state index in [1.807, 2.05) is 19.9 Å². The van der Waals surface area contributed by atoms with Crippen LogP contribution in [-0.2, 0) is 17.1 Å². The summed E-state index contributed by atoms with van der Waals surface area (Å²) in [6, 6.07) is 13.4. The second-order valence-corrected chi connectivity index (χ2v) is 8.74. The van der Waals surface area contributed by atoms with E-state index in [4.69, 9.17) is 5.26 Å². The normalized spacial score (nSPS) is 11.6. The topological polar surface area (TPSA) is 92.0 Å². The van der Waals surface area contributed by atoms with Crippen LogP contribution >= 0.6 is 0 Å². The lowest BCUT2D eigenvalue weighted by Gasteiger charge is -2.15. The zero-order valence-corrected chi connectivity index (χ0v) is 17.0. The Labute approximate surface area is 164 Å². The van der Waals surface area contributed by atoms with Gasteiger partial charge < -0.3 is 4.57 Å². The summed E-state index contributed by atoms with van der Waals surface area (Å²) in [5.74, 6) is -0.0614. The smallest absolute Gasteiger partial charge is 0.262 e. The van der Waals surface area contributed by atoms with Gasteiger partial charge in [0.05, 0.1) is 22.0 Å². The van der Waals surface area contributed by atoms with E-state index in [1.54, 1.807) is 48.9 Å². The van der Waals surface area contributed by atoms with Crippen LogP contribution in [0.4, 0.5) is 5.69 Å². The highest BCUT2D eigenvalue weighted by atomic mass is 32.2. The molecule has 0 saturated carbocycles. The molecule has 0 amide bonds. The van der Waals surface area contributed by atoms with Gasteiger partial charge in [-0.05, 0) is 60.9 Å². The van der Waals surface area contributed by atoms with Crippen molar-refractivity contribution in [1.29, 1.82) is 5.26 Å². The van der Waals surface area contributed by atoms with Crippen LogP contribution in [0.5, 0.6) is 0 Å². The summed E-state index contributed by atoms with van der Waals surface area (Å²) in [5, 5.41) is 9.87. The molecular weight excluding hydrogens is 374 g/mol. The number of aryl methyl sites for hydroxylation is 2. The van der Waals surface area contributed by atoms with Crippen molar-refractivity contribution >= 4 is 26.6 Å². The van der Waals surface area contributed by atoms with Crippen LogP contribution in [0.25, 0.3) is 10.9 Å². The number of benzene rings is 2. The number of pyridine rings is 1. The third-order valence-corrected chi connectivity index (χ3v) is 6.16. The molecule has 0 aliphatic carbocycles. The van der Waals surface area contributed by atoms with Gasteiger partial charge >= 0.3 is 0 Å². The molecule has 0 saturated heterocycles. The fraction of sp³-hybridized carbons (Fsp3) is 0.238. The molecule has 1 aromatic heterocycles. The number of aromatic nitrogens is 1. The first-order valence-electron chi connectivity index (χ1n) is 8.81. The summed E-state index contributed by atoms with van der Waals surface area (Å²) in [5.41, 5.74) is 2.64. The molecule has 0 spiro atoms. The van der Waals surface area contributed by atoms with E-state index in [9.17, 15) is 13.2 Å². The van der Waals surface area contributed by atoms with Gasteiger partial charge in [0.15, 0.2) is 0 Å². The van der Waals surface area contributed by atoms with E-state index < -0.39 is 10.0 Å². The predicted molar refractivity (Wildman–Crippen MR) is 110 cm³/mol. The van der Waals surface area contributed by atoms with E-state index in [0.29, 0.717) is 22.4 Å². The van der Waals surface area contributed by atoms with Gasteiger partial charge in [0.1, 0.15) is 0 Å². The number of nitriles is 1. The monoisotopic (exact) mass is 395 g/mol. The Kier molecular flexibility index (Phi) is 5.01. The molecule has 0 fully saturated rings. The molecule has 3 aromatic rings. The maximum absolute atomic E-state index is 13.0. The molecule has 0 aliphatic rings. The molecule has 144 valence electrons. The Bertz CT molecular complexity index is 1280. The average molecular weight is 395 g/mol. The summed E-state index contributed by atoms with van der Waals surface area (Å²) >= 11 is 0. The van der Waals surface area contributed by atoms with Gasteiger partial charge in [0, 0.05) is 23.7 Å². The van der Waals surface area contributed by atoms with Crippen LogP contribution in [0.3, 0.4) is 0 Å². The minimum atomic E-state index is -3.84. The summed E-state index contributed by atoms with van der Waals surface area (Å²) < 4.78 is 30.2. The minimum absolute atomic E-state index is 0.0614. The van der Waals surface area contributed by atoms with E-state index in [1.165, 1.54) is 12.1 Å². The Hall–Kier alpha value is -3.11. The largest absolute Gasteiger partial charge is 0.311 e. The van der Waals surface area contributed by atoms with Crippen LogP contribution < -0.4 is 10.3 Å².